The minimum absolute atomic E-state index is 0.0541. The number of nitrogens with zero attached hydrogens (tertiary/aromatic N) is 6. The Balaban J connectivity index is 1.86. The molecule has 0 N–H and O–H groups in total. The number of hydrogen-bond donors (Lipinski definition) is 0. The van der Waals surface area contributed by atoms with E-state index >= 15 is 0 Å². The third-order valence-electron chi connectivity index (χ3n) is 4.72. The number of anilines is 2. The van der Waals surface area contributed by atoms with Crippen LogP contribution in [0.25, 0.3) is 0 Å². The summed E-state index contributed by atoms with van der Waals surface area (Å²) in [5, 5.41) is 4.62. The second-order valence-electron chi connectivity index (χ2n) is 8.09. The van der Waals surface area contributed by atoms with E-state index < -0.39 is 0 Å². The number of aromatic nitrogens is 4. The van der Waals surface area contributed by atoms with E-state index in [-0.39, 0.29) is 17.0 Å². The van der Waals surface area contributed by atoms with Crippen LogP contribution in [0.15, 0.2) is 29.2 Å². The smallest absolute Gasteiger partial charge is 0.266 e. The van der Waals surface area contributed by atoms with Crippen molar-refractivity contribution in [3.8, 4) is 0 Å². The first-order valence-corrected chi connectivity index (χ1v) is 9.11. The first kappa shape index (κ1) is 18.4. The summed E-state index contributed by atoms with van der Waals surface area (Å²) in [5.41, 5.74) is 0.790. The van der Waals surface area contributed by atoms with Gasteiger partial charge < -0.3 is 9.80 Å². The Morgan fingerprint density at radius 2 is 2.00 bits per heavy atom. The fraction of sp³-hybridized carbons (Fsp3) is 0.579. The second-order valence-corrected chi connectivity index (χ2v) is 8.09. The van der Waals surface area contributed by atoms with Crippen LogP contribution in [-0.2, 0) is 12.0 Å². The fourth-order valence-electron chi connectivity index (χ4n) is 3.22. The number of rotatable bonds is 4. The largest absolute Gasteiger partial charge is 0.352 e. The highest BCUT2D eigenvalue weighted by atomic mass is 16.1. The van der Waals surface area contributed by atoms with Gasteiger partial charge in [-0.25, -0.2) is 9.67 Å². The van der Waals surface area contributed by atoms with Gasteiger partial charge in [-0.2, -0.15) is 10.1 Å². The molecule has 2 aromatic rings. The zero-order valence-corrected chi connectivity index (χ0v) is 16.3. The van der Waals surface area contributed by atoms with E-state index in [9.17, 15) is 4.79 Å². The molecule has 1 aliphatic rings. The van der Waals surface area contributed by atoms with Crippen molar-refractivity contribution in [2.24, 2.45) is 0 Å². The molecule has 7 heteroatoms. The van der Waals surface area contributed by atoms with Crippen LogP contribution in [0, 0.1) is 0 Å². The minimum Gasteiger partial charge on any atom is -0.352 e. The lowest BCUT2D eigenvalue weighted by Gasteiger charge is -2.27. The molecule has 140 valence electrons. The molecule has 0 spiro atoms. The van der Waals surface area contributed by atoms with Crippen LogP contribution < -0.4 is 15.4 Å². The van der Waals surface area contributed by atoms with Crippen LogP contribution in [0.2, 0.25) is 0 Å². The van der Waals surface area contributed by atoms with Crippen molar-refractivity contribution in [3.05, 3.63) is 40.4 Å². The van der Waals surface area contributed by atoms with E-state index in [0.29, 0.717) is 12.5 Å². The lowest BCUT2D eigenvalue weighted by atomic mass is 9.92. The van der Waals surface area contributed by atoms with E-state index in [0.717, 1.165) is 30.9 Å². The Morgan fingerprint density at radius 3 is 2.69 bits per heavy atom. The molecule has 1 fully saturated rings. The molecule has 0 aliphatic carbocycles. The fourth-order valence-corrected chi connectivity index (χ4v) is 3.22. The summed E-state index contributed by atoms with van der Waals surface area (Å²) in [4.78, 5) is 25.4. The molecule has 3 heterocycles. The predicted octanol–water partition coefficient (Wildman–Crippen LogP) is 2.07. The average Bonchev–Trinajstić information content (AvgIpc) is 3.04. The quantitative estimate of drug-likeness (QED) is 0.835. The van der Waals surface area contributed by atoms with Gasteiger partial charge in [-0.05, 0) is 25.0 Å². The van der Waals surface area contributed by atoms with Crippen molar-refractivity contribution in [2.45, 2.75) is 51.6 Å². The molecule has 3 rings (SSSR count). The molecule has 2 aromatic heterocycles. The third-order valence-corrected chi connectivity index (χ3v) is 4.72. The van der Waals surface area contributed by atoms with E-state index in [1.165, 1.54) is 0 Å². The Labute approximate surface area is 154 Å². The third kappa shape index (κ3) is 3.86. The first-order chi connectivity index (χ1) is 12.3. The van der Waals surface area contributed by atoms with Crippen LogP contribution >= 0.6 is 0 Å². The molecular formula is C19H28N6O. The lowest BCUT2D eigenvalue weighted by Crippen LogP contribution is -2.38. The summed E-state index contributed by atoms with van der Waals surface area (Å²) >= 11 is 0. The SMILES string of the molecule is CN(C)c1nccc(N2CCCC2Cn2nc(C(C)(C)C)ccc2=O)n1. The van der Waals surface area contributed by atoms with Gasteiger partial charge in [0.05, 0.1) is 18.3 Å². The van der Waals surface area contributed by atoms with Crippen molar-refractivity contribution in [2.75, 3.05) is 30.4 Å². The van der Waals surface area contributed by atoms with Gasteiger partial charge >= 0.3 is 0 Å². The summed E-state index contributed by atoms with van der Waals surface area (Å²) in [6.07, 6.45) is 3.90. The Morgan fingerprint density at radius 1 is 1.23 bits per heavy atom. The maximum Gasteiger partial charge on any atom is 0.266 e. The standard InChI is InChI=1S/C19H28N6O/c1-19(2,3)15-8-9-17(26)25(22-15)13-14-7-6-12-24(14)16-10-11-20-18(21-16)23(4)5/h8-11,14H,6-7,12-13H2,1-5H3. The van der Waals surface area contributed by atoms with Crippen LogP contribution in [0.3, 0.4) is 0 Å². The van der Waals surface area contributed by atoms with Crippen molar-refractivity contribution in [3.63, 3.8) is 0 Å². The molecule has 0 bridgehead atoms. The molecular weight excluding hydrogens is 328 g/mol. The van der Waals surface area contributed by atoms with Gasteiger partial charge in [-0.3, -0.25) is 4.79 Å². The molecule has 0 saturated carbocycles. The topological polar surface area (TPSA) is 67.2 Å². The van der Waals surface area contributed by atoms with Crippen LogP contribution in [0.1, 0.15) is 39.3 Å². The zero-order valence-electron chi connectivity index (χ0n) is 16.3. The zero-order chi connectivity index (χ0) is 18.9. The first-order valence-electron chi connectivity index (χ1n) is 9.11. The van der Waals surface area contributed by atoms with Crippen molar-refractivity contribution in [1.29, 1.82) is 0 Å². The van der Waals surface area contributed by atoms with Gasteiger partial charge in [0.2, 0.25) is 5.95 Å². The molecule has 1 saturated heterocycles. The van der Waals surface area contributed by atoms with Gasteiger partial charge in [-0.15, -0.1) is 0 Å². The van der Waals surface area contributed by atoms with Crippen molar-refractivity contribution in [1.82, 2.24) is 19.7 Å². The highest BCUT2D eigenvalue weighted by Crippen LogP contribution is 2.25. The van der Waals surface area contributed by atoms with Gasteiger partial charge in [0.15, 0.2) is 0 Å². The second kappa shape index (κ2) is 7.05. The van der Waals surface area contributed by atoms with Gasteiger partial charge in [-0.1, -0.05) is 20.8 Å². The minimum atomic E-state index is -0.0852. The molecule has 7 nitrogen and oxygen atoms in total. The molecule has 0 amide bonds. The van der Waals surface area contributed by atoms with E-state index in [4.69, 9.17) is 0 Å². The van der Waals surface area contributed by atoms with Crippen molar-refractivity contribution >= 4 is 11.8 Å². The van der Waals surface area contributed by atoms with Crippen LogP contribution in [0.5, 0.6) is 0 Å². The molecule has 26 heavy (non-hydrogen) atoms. The summed E-state index contributed by atoms with van der Waals surface area (Å²) in [6.45, 7) is 7.83. The van der Waals surface area contributed by atoms with Crippen LogP contribution in [0.4, 0.5) is 11.8 Å². The Bertz CT molecular complexity index is 823. The maximum absolute atomic E-state index is 12.3. The molecule has 1 aliphatic heterocycles. The highest BCUT2D eigenvalue weighted by molar-refractivity contribution is 5.45. The maximum atomic E-state index is 12.3. The van der Waals surface area contributed by atoms with Crippen LogP contribution in [-0.4, -0.2) is 46.4 Å². The predicted molar refractivity (Wildman–Crippen MR) is 104 cm³/mol. The number of hydrogen-bond acceptors (Lipinski definition) is 6. The highest BCUT2D eigenvalue weighted by Gasteiger charge is 2.27. The monoisotopic (exact) mass is 356 g/mol. The summed E-state index contributed by atoms with van der Waals surface area (Å²) in [5.74, 6) is 1.60. The summed E-state index contributed by atoms with van der Waals surface area (Å²) in [7, 11) is 3.87. The Kier molecular flexibility index (Phi) is 4.98. The molecule has 1 unspecified atom stereocenters. The average molecular weight is 356 g/mol. The van der Waals surface area contributed by atoms with E-state index in [1.807, 2.05) is 31.1 Å². The van der Waals surface area contributed by atoms with Gasteiger partial charge in [0.1, 0.15) is 5.82 Å². The van der Waals surface area contributed by atoms with Crippen molar-refractivity contribution < 1.29 is 0 Å². The molecule has 1 atom stereocenters. The summed E-state index contributed by atoms with van der Waals surface area (Å²) < 4.78 is 1.61. The molecule has 0 radical (unpaired) electrons. The summed E-state index contributed by atoms with van der Waals surface area (Å²) in [6, 6.07) is 5.61. The van der Waals surface area contributed by atoms with E-state index in [2.05, 4.69) is 40.7 Å². The normalized spacial score (nSPS) is 17.6. The van der Waals surface area contributed by atoms with Gasteiger partial charge in [0, 0.05) is 38.3 Å². The molecule has 0 aromatic carbocycles. The van der Waals surface area contributed by atoms with E-state index in [1.54, 1.807) is 16.9 Å². The Hall–Kier alpha value is -2.44. The van der Waals surface area contributed by atoms with Gasteiger partial charge in [0.25, 0.3) is 5.56 Å². The lowest BCUT2D eigenvalue weighted by molar-refractivity contribution is 0.456.